The Morgan fingerprint density at radius 1 is 1.50 bits per heavy atom. The van der Waals surface area contributed by atoms with Crippen molar-refractivity contribution in [3.63, 3.8) is 0 Å². The summed E-state index contributed by atoms with van der Waals surface area (Å²) >= 11 is 0. The van der Waals surface area contributed by atoms with Gasteiger partial charge >= 0.3 is 0 Å². The third kappa shape index (κ3) is 1.12. The van der Waals surface area contributed by atoms with E-state index in [1.54, 1.807) is 0 Å². The molecule has 0 aliphatic carbocycles. The van der Waals surface area contributed by atoms with Crippen LogP contribution in [0.2, 0.25) is 0 Å². The average Bonchev–Trinajstić information content (AvgIpc) is 2.12. The van der Waals surface area contributed by atoms with Crippen LogP contribution in [0.1, 0.15) is 31.0 Å². The molecule has 0 aromatic carbocycles. The number of hydrogen-bond acceptors (Lipinski definition) is 2. The lowest BCUT2D eigenvalue weighted by Crippen LogP contribution is -2.24. The van der Waals surface area contributed by atoms with E-state index in [0.717, 1.165) is 0 Å². The molecule has 0 saturated heterocycles. The van der Waals surface area contributed by atoms with Crippen molar-refractivity contribution in [2.45, 2.75) is 32.5 Å². The summed E-state index contributed by atoms with van der Waals surface area (Å²) in [5.41, 5.74) is 2.44. The monoisotopic (exact) mass is 163 g/mol. The largest absolute Gasteiger partial charge is 0.373 e. The first kappa shape index (κ1) is 7.74. The summed E-state index contributed by atoms with van der Waals surface area (Å²) in [7, 11) is 0. The minimum absolute atomic E-state index is 0.299. The maximum absolute atomic E-state index is 5.58. The maximum Gasteiger partial charge on any atom is 0.0738 e. The van der Waals surface area contributed by atoms with Gasteiger partial charge in [0.25, 0.3) is 0 Å². The van der Waals surface area contributed by atoms with E-state index in [-0.39, 0.29) is 0 Å². The van der Waals surface area contributed by atoms with E-state index in [0.29, 0.717) is 18.6 Å². The summed E-state index contributed by atoms with van der Waals surface area (Å²) in [5, 5.41) is 0. The Bertz CT molecular complexity index is 285. The molecule has 12 heavy (non-hydrogen) atoms. The van der Waals surface area contributed by atoms with E-state index in [1.807, 2.05) is 12.3 Å². The van der Waals surface area contributed by atoms with Crippen LogP contribution in [0.5, 0.6) is 0 Å². The molecule has 2 nitrogen and oxygen atoms in total. The summed E-state index contributed by atoms with van der Waals surface area (Å²) in [5.74, 6) is 0.426. The molecule has 1 aromatic heterocycles. The number of rotatable bonds is 0. The second-order valence-electron chi connectivity index (χ2n) is 3.35. The van der Waals surface area contributed by atoms with Crippen LogP contribution < -0.4 is 0 Å². The Balaban J connectivity index is 2.42. The van der Waals surface area contributed by atoms with Gasteiger partial charge in [-0.25, -0.2) is 0 Å². The molecule has 2 unspecified atom stereocenters. The Labute approximate surface area is 72.6 Å². The van der Waals surface area contributed by atoms with Crippen LogP contribution in [0.25, 0.3) is 0 Å². The third-order valence-corrected chi connectivity index (χ3v) is 2.56. The number of hydrogen-bond donors (Lipinski definition) is 0. The van der Waals surface area contributed by atoms with Gasteiger partial charge in [-0.3, -0.25) is 4.98 Å². The van der Waals surface area contributed by atoms with Crippen molar-refractivity contribution in [2.75, 3.05) is 0 Å². The molecule has 64 valence electrons. The van der Waals surface area contributed by atoms with Crippen LogP contribution in [0.4, 0.5) is 0 Å². The molecule has 2 rings (SSSR count). The molecule has 1 aliphatic heterocycles. The van der Waals surface area contributed by atoms with Crippen molar-refractivity contribution >= 4 is 0 Å². The lowest BCUT2D eigenvalue weighted by atomic mass is 9.95. The topological polar surface area (TPSA) is 22.1 Å². The van der Waals surface area contributed by atoms with Crippen molar-refractivity contribution in [1.29, 1.82) is 0 Å². The molecule has 2 heterocycles. The van der Waals surface area contributed by atoms with Crippen LogP contribution >= 0.6 is 0 Å². The molecule has 1 aromatic rings. The van der Waals surface area contributed by atoms with Crippen molar-refractivity contribution < 1.29 is 4.74 Å². The van der Waals surface area contributed by atoms with Gasteiger partial charge in [0.15, 0.2) is 0 Å². The first-order chi connectivity index (χ1) is 5.79. The first-order valence-electron chi connectivity index (χ1n) is 4.34. The van der Waals surface area contributed by atoms with Crippen LogP contribution in [0.3, 0.4) is 0 Å². The minimum atomic E-state index is 0.299. The van der Waals surface area contributed by atoms with Gasteiger partial charge in [-0.05, 0) is 18.6 Å². The summed E-state index contributed by atoms with van der Waals surface area (Å²) in [6.45, 7) is 4.98. The number of nitrogens with zero attached hydrogens (tertiary/aromatic N) is 1. The summed E-state index contributed by atoms with van der Waals surface area (Å²) in [6.07, 6.45) is 2.15. The van der Waals surface area contributed by atoms with E-state index in [1.165, 1.54) is 11.3 Å². The van der Waals surface area contributed by atoms with Gasteiger partial charge in [0.2, 0.25) is 0 Å². The van der Waals surface area contributed by atoms with E-state index < -0.39 is 0 Å². The molecule has 1 aliphatic rings. The van der Waals surface area contributed by atoms with E-state index >= 15 is 0 Å². The quantitative estimate of drug-likeness (QED) is 0.584. The van der Waals surface area contributed by atoms with Gasteiger partial charge in [0, 0.05) is 12.1 Å². The lowest BCUT2D eigenvalue weighted by molar-refractivity contribution is 0.0225. The fourth-order valence-electron chi connectivity index (χ4n) is 1.57. The average molecular weight is 163 g/mol. The van der Waals surface area contributed by atoms with Gasteiger partial charge in [0.05, 0.1) is 18.4 Å². The third-order valence-electron chi connectivity index (χ3n) is 2.56. The molecule has 0 N–H and O–H groups in total. The van der Waals surface area contributed by atoms with Gasteiger partial charge < -0.3 is 4.74 Å². The highest BCUT2D eigenvalue weighted by Crippen LogP contribution is 2.28. The number of ether oxygens (including phenoxy) is 1. The number of aromatic nitrogens is 1. The van der Waals surface area contributed by atoms with Crippen molar-refractivity contribution in [3.8, 4) is 0 Å². The second kappa shape index (κ2) is 2.87. The lowest BCUT2D eigenvalue weighted by Gasteiger charge is -2.27. The zero-order valence-electron chi connectivity index (χ0n) is 7.45. The highest BCUT2D eigenvalue weighted by molar-refractivity contribution is 5.24. The first-order valence-corrected chi connectivity index (χ1v) is 4.34. The molecule has 0 fully saturated rings. The van der Waals surface area contributed by atoms with Crippen LogP contribution in [-0.4, -0.2) is 11.1 Å². The standard InChI is InChI=1S/C10H13NO/c1-7-8(2)12-6-9-4-3-5-11-10(7)9/h3-5,7-8H,6H2,1-2H3. The van der Waals surface area contributed by atoms with Gasteiger partial charge in [-0.15, -0.1) is 0 Å². The smallest absolute Gasteiger partial charge is 0.0738 e. The highest BCUT2D eigenvalue weighted by atomic mass is 16.5. The fourth-order valence-corrected chi connectivity index (χ4v) is 1.57. The van der Waals surface area contributed by atoms with Gasteiger partial charge in [0.1, 0.15) is 0 Å². The zero-order chi connectivity index (χ0) is 8.55. The molecule has 0 bridgehead atoms. The van der Waals surface area contributed by atoms with Crippen molar-refractivity contribution in [2.24, 2.45) is 0 Å². The molecule has 2 heteroatoms. The van der Waals surface area contributed by atoms with Crippen LogP contribution in [0.15, 0.2) is 18.3 Å². The summed E-state index contributed by atoms with van der Waals surface area (Å²) in [4.78, 5) is 4.37. The van der Waals surface area contributed by atoms with E-state index in [9.17, 15) is 0 Å². The zero-order valence-corrected chi connectivity index (χ0v) is 7.45. The molecular formula is C10H13NO. The summed E-state index contributed by atoms with van der Waals surface area (Å²) in [6, 6.07) is 4.05. The highest BCUT2D eigenvalue weighted by Gasteiger charge is 2.23. The van der Waals surface area contributed by atoms with Gasteiger partial charge in [-0.2, -0.15) is 0 Å². The predicted molar refractivity (Wildman–Crippen MR) is 46.9 cm³/mol. The SMILES string of the molecule is CC1OCc2cccnc2C1C. The van der Waals surface area contributed by atoms with Gasteiger partial charge in [-0.1, -0.05) is 13.0 Å². The van der Waals surface area contributed by atoms with Crippen LogP contribution in [-0.2, 0) is 11.3 Å². The minimum Gasteiger partial charge on any atom is -0.373 e. The Kier molecular flexibility index (Phi) is 1.85. The Morgan fingerprint density at radius 2 is 2.33 bits per heavy atom. The van der Waals surface area contributed by atoms with Crippen molar-refractivity contribution in [1.82, 2.24) is 4.98 Å². The molecule has 2 atom stereocenters. The van der Waals surface area contributed by atoms with Crippen LogP contribution in [0, 0.1) is 0 Å². The normalized spacial score (nSPS) is 28.2. The van der Waals surface area contributed by atoms with Crippen molar-refractivity contribution in [3.05, 3.63) is 29.6 Å². The fraction of sp³-hybridized carbons (Fsp3) is 0.500. The Morgan fingerprint density at radius 3 is 3.17 bits per heavy atom. The Hall–Kier alpha value is -0.890. The number of pyridine rings is 1. The molecule has 0 saturated carbocycles. The number of fused-ring (bicyclic) bond motifs is 1. The second-order valence-corrected chi connectivity index (χ2v) is 3.35. The van der Waals surface area contributed by atoms with E-state index in [2.05, 4.69) is 24.9 Å². The van der Waals surface area contributed by atoms with E-state index in [4.69, 9.17) is 4.74 Å². The molecule has 0 radical (unpaired) electrons. The molecule has 0 spiro atoms. The molecule has 0 amide bonds. The predicted octanol–water partition coefficient (Wildman–Crippen LogP) is 2.10. The molecular weight excluding hydrogens is 150 g/mol. The summed E-state index contributed by atoms with van der Waals surface area (Å²) < 4.78 is 5.58. The maximum atomic E-state index is 5.58.